The van der Waals surface area contributed by atoms with Crippen molar-refractivity contribution in [1.82, 2.24) is 5.32 Å². The van der Waals surface area contributed by atoms with Crippen molar-refractivity contribution in [3.63, 3.8) is 0 Å². The van der Waals surface area contributed by atoms with Gasteiger partial charge in [-0.25, -0.2) is 0 Å². The topological polar surface area (TPSA) is 41.1 Å². The number of halogens is 1. The summed E-state index contributed by atoms with van der Waals surface area (Å²) < 4.78 is 0. The number of anilines is 1. The highest BCUT2D eigenvalue weighted by atomic mass is 35.5. The van der Waals surface area contributed by atoms with Crippen molar-refractivity contribution in [2.75, 3.05) is 24.3 Å². The second-order valence-corrected chi connectivity index (χ2v) is 4.61. The molecule has 4 heteroatoms. The van der Waals surface area contributed by atoms with E-state index in [0.717, 1.165) is 31.6 Å². The predicted molar refractivity (Wildman–Crippen MR) is 70.7 cm³/mol. The van der Waals surface area contributed by atoms with Crippen LogP contribution in [0.4, 0.5) is 5.69 Å². The summed E-state index contributed by atoms with van der Waals surface area (Å²) in [5.74, 6) is 0.768. The molecule has 1 amide bonds. The summed E-state index contributed by atoms with van der Waals surface area (Å²) in [5.41, 5.74) is 3.53. The van der Waals surface area contributed by atoms with Crippen molar-refractivity contribution in [1.29, 1.82) is 0 Å². The zero-order valence-corrected chi connectivity index (χ0v) is 10.5. The Morgan fingerprint density at radius 3 is 3.00 bits per heavy atom. The van der Waals surface area contributed by atoms with Crippen LogP contribution in [0.5, 0.6) is 0 Å². The molecule has 0 saturated carbocycles. The van der Waals surface area contributed by atoms with E-state index in [1.165, 1.54) is 11.1 Å². The van der Waals surface area contributed by atoms with Gasteiger partial charge in [0.2, 0.25) is 5.91 Å². The maximum absolute atomic E-state index is 11.2. The number of amides is 1. The lowest BCUT2D eigenvalue weighted by molar-refractivity contribution is -0.116. The van der Waals surface area contributed by atoms with Crippen molar-refractivity contribution in [3.8, 4) is 0 Å². The number of carbonyl (C=O) groups excluding carboxylic acids is 1. The molecule has 92 valence electrons. The molecule has 0 aromatic heterocycles. The fourth-order valence-electron chi connectivity index (χ4n) is 2.02. The van der Waals surface area contributed by atoms with Gasteiger partial charge in [0.05, 0.1) is 0 Å². The van der Waals surface area contributed by atoms with Gasteiger partial charge < -0.3 is 10.6 Å². The van der Waals surface area contributed by atoms with Crippen molar-refractivity contribution >= 4 is 23.2 Å². The summed E-state index contributed by atoms with van der Waals surface area (Å²) in [6, 6.07) is 6.27. The Bertz CT molecular complexity index is 406. The van der Waals surface area contributed by atoms with Gasteiger partial charge in [-0.15, -0.1) is 11.6 Å². The highest BCUT2D eigenvalue weighted by Gasteiger charge is 2.14. The monoisotopic (exact) mass is 252 g/mol. The molecule has 1 heterocycles. The number of nitrogens with one attached hydrogen (secondary N) is 2. The van der Waals surface area contributed by atoms with Crippen LogP contribution in [-0.4, -0.2) is 24.9 Å². The van der Waals surface area contributed by atoms with E-state index in [1.54, 1.807) is 0 Å². The molecule has 1 aliphatic heterocycles. The number of hydrogen-bond acceptors (Lipinski definition) is 2. The maximum Gasteiger partial charge on any atom is 0.224 e. The smallest absolute Gasteiger partial charge is 0.224 e. The van der Waals surface area contributed by atoms with Crippen molar-refractivity contribution in [2.45, 2.75) is 19.3 Å². The Labute approximate surface area is 107 Å². The van der Waals surface area contributed by atoms with E-state index in [9.17, 15) is 4.79 Å². The lowest BCUT2D eigenvalue weighted by atomic mass is 9.99. The molecule has 1 aromatic carbocycles. The summed E-state index contributed by atoms with van der Waals surface area (Å²) in [6.45, 7) is 1.79. The molecule has 0 saturated heterocycles. The van der Waals surface area contributed by atoms with Gasteiger partial charge in [-0.05, 0) is 36.6 Å². The van der Waals surface area contributed by atoms with Gasteiger partial charge in [0.15, 0.2) is 0 Å². The highest BCUT2D eigenvalue weighted by molar-refractivity contribution is 6.18. The van der Waals surface area contributed by atoms with Gasteiger partial charge in [0.1, 0.15) is 0 Å². The molecular weight excluding hydrogens is 236 g/mol. The van der Waals surface area contributed by atoms with E-state index in [4.69, 9.17) is 11.6 Å². The van der Waals surface area contributed by atoms with E-state index < -0.39 is 0 Å². The lowest BCUT2D eigenvalue weighted by Crippen LogP contribution is -2.20. The summed E-state index contributed by atoms with van der Waals surface area (Å²) in [5, 5.41) is 6.16. The third-order valence-electron chi connectivity index (χ3n) is 2.93. The van der Waals surface area contributed by atoms with Crippen LogP contribution >= 0.6 is 11.6 Å². The molecular formula is C13H17ClN2O. The molecule has 17 heavy (non-hydrogen) atoms. The van der Waals surface area contributed by atoms with Crippen molar-refractivity contribution in [3.05, 3.63) is 29.3 Å². The molecule has 0 atom stereocenters. The first-order valence-electron chi connectivity index (χ1n) is 5.98. The number of fused-ring (bicyclic) bond motifs is 1. The largest absolute Gasteiger partial charge is 0.326 e. The Balaban J connectivity index is 1.94. The normalized spacial score (nSPS) is 14.3. The van der Waals surface area contributed by atoms with E-state index in [1.807, 2.05) is 6.07 Å². The third-order valence-corrected chi connectivity index (χ3v) is 3.12. The Morgan fingerprint density at radius 1 is 1.29 bits per heavy atom. The summed E-state index contributed by atoms with van der Waals surface area (Å²) in [6.07, 6.45) is 2.45. The molecule has 0 fully saturated rings. The van der Waals surface area contributed by atoms with Crippen molar-refractivity contribution < 1.29 is 4.79 Å². The molecule has 0 bridgehead atoms. The van der Waals surface area contributed by atoms with E-state index in [0.29, 0.717) is 12.3 Å². The number of hydrogen-bond donors (Lipinski definition) is 2. The van der Waals surface area contributed by atoms with Crippen LogP contribution in [0.2, 0.25) is 0 Å². The van der Waals surface area contributed by atoms with E-state index >= 15 is 0 Å². The van der Waals surface area contributed by atoms with Gasteiger partial charge in [-0.2, -0.15) is 0 Å². The first-order chi connectivity index (χ1) is 8.29. The number of alkyl halides is 1. The van der Waals surface area contributed by atoms with Crippen LogP contribution in [0.25, 0.3) is 0 Å². The molecule has 1 aliphatic rings. The number of rotatable bonds is 5. The van der Waals surface area contributed by atoms with Crippen LogP contribution in [-0.2, 0) is 17.6 Å². The Hall–Kier alpha value is -1.06. The van der Waals surface area contributed by atoms with Crippen LogP contribution in [0.3, 0.4) is 0 Å². The van der Waals surface area contributed by atoms with Gasteiger partial charge in [-0.1, -0.05) is 12.1 Å². The molecule has 2 N–H and O–H groups in total. The zero-order valence-electron chi connectivity index (χ0n) is 9.76. The Kier molecular flexibility index (Phi) is 4.40. The number of carbonyl (C=O) groups is 1. The van der Waals surface area contributed by atoms with Crippen LogP contribution < -0.4 is 10.6 Å². The Morgan fingerprint density at radius 2 is 2.18 bits per heavy atom. The second-order valence-electron chi connectivity index (χ2n) is 4.23. The van der Waals surface area contributed by atoms with E-state index in [-0.39, 0.29) is 5.91 Å². The molecule has 1 aromatic rings. The molecule has 0 unspecified atom stereocenters. The van der Waals surface area contributed by atoms with Gasteiger partial charge in [0.25, 0.3) is 0 Å². The van der Waals surface area contributed by atoms with Crippen LogP contribution in [0.1, 0.15) is 17.5 Å². The average Bonchev–Trinajstić information content (AvgIpc) is 2.35. The van der Waals surface area contributed by atoms with Gasteiger partial charge >= 0.3 is 0 Å². The van der Waals surface area contributed by atoms with E-state index in [2.05, 4.69) is 22.8 Å². The standard InChI is InChI=1S/C13H17ClN2O/c14-6-8-15-7-5-10-1-3-12-11(9-10)2-4-13(17)16-12/h1,3,9,15H,2,4-8H2,(H,16,17). The van der Waals surface area contributed by atoms with Crippen LogP contribution in [0, 0.1) is 0 Å². The minimum absolute atomic E-state index is 0.119. The van der Waals surface area contributed by atoms with Crippen molar-refractivity contribution in [2.24, 2.45) is 0 Å². The minimum Gasteiger partial charge on any atom is -0.326 e. The fraction of sp³-hybridized carbons (Fsp3) is 0.462. The average molecular weight is 253 g/mol. The lowest BCUT2D eigenvalue weighted by Gasteiger charge is -2.17. The first kappa shape index (κ1) is 12.4. The molecule has 2 rings (SSSR count). The maximum atomic E-state index is 11.2. The molecule has 0 aliphatic carbocycles. The third kappa shape index (κ3) is 3.45. The highest BCUT2D eigenvalue weighted by Crippen LogP contribution is 2.23. The number of aryl methyl sites for hydroxylation is 1. The SMILES string of the molecule is O=C1CCc2cc(CCNCCCl)ccc2N1. The molecule has 0 radical (unpaired) electrons. The fourth-order valence-corrected chi connectivity index (χ4v) is 2.15. The second kappa shape index (κ2) is 6.03. The molecule has 3 nitrogen and oxygen atoms in total. The minimum atomic E-state index is 0.119. The quantitative estimate of drug-likeness (QED) is 0.621. The predicted octanol–water partition coefficient (Wildman–Crippen LogP) is 1.94. The first-order valence-corrected chi connectivity index (χ1v) is 6.51. The number of benzene rings is 1. The zero-order chi connectivity index (χ0) is 12.1. The summed E-state index contributed by atoms with van der Waals surface area (Å²) >= 11 is 5.59. The van der Waals surface area contributed by atoms with Gasteiger partial charge in [-0.3, -0.25) is 4.79 Å². The summed E-state index contributed by atoms with van der Waals surface area (Å²) in [7, 11) is 0. The summed E-state index contributed by atoms with van der Waals surface area (Å²) in [4.78, 5) is 11.2. The van der Waals surface area contributed by atoms with Crippen LogP contribution in [0.15, 0.2) is 18.2 Å². The molecule has 0 spiro atoms. The van der Waals surface area contributed by atoms with Gasteiger partial charge in [0, 0.05) is 24.5 Å².